The van der Waals surface area contributed by atoms with Crippen molar-refractivity contribution in [3.63, 3.8) is 0 Å². The van der Waals surface area contributed by atoms with E-state index in [1.807, 2.05) is 58.0 Å². The molecule has 2 rings (SSSR count). The summed E-state index contributed by atoms with van der Waals surface area (Å²) in [5.41, 5.74) is 0.410. The van der Waals surface area contributed by atoms with E-state index in [2.05, 4.69) is 5.32 Å². The van der Waals surface area contributed by atoms with Crippen LogP contribution in [0.3, 0.4) is 0 Å². The first-order valence-corrected chi connectivity index (χ1v) is 11.7. The molecule has 0 fully saturated rings. The number of hydrogen-bond donors (Lipinski definition) is 1. The summed E-state index contributed by atoms with van der Waals surface area (Å²) < 4.78 is 33.2. The highest BCUT2D eigenvalue weighted by atomic mass is 32.2. The molecule has 0 saturated carbocycles. The van der Waals surface area contributed by atoms with Gasteiger partial charge in [-0.25, -0.2) is 8.42 Å². The smallest absolute Gasteiger partial charge is 0.251 e. The molecule has 0 aliphatic carbocycles. The zero-order valence-corrected chi connectivity index (χ0v) is 19.0. The van der Waals surface area contributed by atoms with Crippen LogP contribution in [0.1, 0.15) is 38.1 Å². The first-order valence-electron chi connectivity index (χ1n) is 10.3. The highest BCUT2D eigenvalue weighted by Crippen LogP contribution is 2.19. The van der Waals surface area contributed by atoms with Crippen LogP contribution in [0.15, 0.2) is 59.5 Å². The Morgan fingerprint density at radius 3 is 2.03 bits per heavy atom. The molecule has 0 spiro atoms. The summed E-state index contributed by atoms with van der Waals surface area (Å²) in [5, 5.41) is 2.78. The van der Waals surface area contributed by atoms with Crippen LogP contribution in [0.2, 0.25) is 0 Å². The van der Waals surface area contributed by atoms with Gasteiger partial charge in [-0.05, 0) is 48.2 Å². The van der Waals surface area contributed by atoms with E-state index in [4.69, 9.17) is 4.74 Å². The molecule has 0 aromatic heterocycles. The van der Waals surface area contributed by atoms with Crippen LogP contribution in [0.4, 0.5) is 0 Å². The Hall–Kier alpha value is -2.38. The highest BCUT2D eigenvalue weighted by Gasteiger charge is 2.26. The molecule has 0 unspecified atom stereocenters. The Morgan fingerprint density at radius 2 is 1.50 bits per heavy atom. The normalized spacial score (nSPS) is 11.8. The lowest BCUT2D eigenvalue weighted by Gasteiger charge is -2.25. The van der Waals surface area contributed by atoms with Gasteiger partial charge in [0.2, 0.25) is 10.0 Å². The molecular weight excluding hydrogens is 400 g/mol. The molecule has 7 heteroatoms. The second kappa shape index (κ2) is 11.1. The van der Waals surface area contributed by atoms with Gasteiger partial charge in [0.15, 0.2) is 0 Å². The van der Waals surface area contributed by atoms with E-state index in [-0.39, 0.29) is 22.6 Å². The van der Waals surface area contributed by atoms with Crippen LogP contribution in [0, 0.1) is 11.8 Å². The van der Waals surface area contributed by atoms with Gasteiger partial charge in [0.25, 0.3) is 5.91 Å². The standard InChI is InChI=1S/C23H32N2O4S/c1-18(2)16-25(17-19(3)4)30(27,28)22-12-10-20(11-13-22)23(26)24-14-15-29-21-8-6-5-7-9-21/h5-13,18-19H,14-17H2,1-4H3,(H,24,26). The van der Waals surface area contributed by atoms with Crippen LogP contribution in [-0.4, -0.2) is 44.9 Å². The van der Waals surface area contributed by atoms with E-state index in [1.165, 1.54) is 16.4 Å². The predicted molar refractivity (Wildman–Crippen MR) is 119 cm³/mol. The molecule has 1 N–H and O–H groups in total. The van der Waals surface area contributed by atoms with E-state index < -0.39 is 10.0 Å². The van der Waals surface area contributed by atoms with Gasteiger partial charge >= 0.3 is 0 Å². The van der Waals surface area contributed by atoms with Crippen molar-refractivity contribution >= 4 is 15.9 Å². The molecule has 164 valence electrons. The molecule has 0 radical (unpaired) electrons. The van der Waals surface area contributed by atoms with Crippen molar-refractivity contribution in [2.24, 2.45) is 11.8 Å². The molecule has 0 aliphatic heterocycles. The van der Waals surface area contributed by atoms with Crippen molar-refractivity contribution in [1.82, 2.24) is 9.62 Å². The monoisotopic (exact) mass is 432 g/mol. The average molecular weight is 433 g/mol. The Kier molecular flexibility index (Phi) is 8.87. The number of carbonyl (C=O) groups is 1. The Labute approximate surface area is 180 Å². The SMILES string of the molecule is CC(C)CN(CC(C)C)S(=O)(=O)c1ccc(C(=O)NCCOc2ccccc2)cc1. The lowest BCUT2D eigenvalue weighted by atomic mass is 10.2. The average Bonchev–Trinajstić information content (AvgIpc) is 2.71. The molecule has 0 atom stereocenters. The molecule has 6 nitrogen and oxygen atoms in total. The number of benzene rings is 2. The molecule has 1 amide bonds. The van der Waals surface area contributed by atoms with E-state index in [0.717, 1.165) is 5.75 Å². The van der Waals surface area contributed by atoms with Gasteiger partial charge < -0.3 is 10.1 Å². The maximum Gasteiger partial charge on any atom is 0.251 e. The van der Waals surface area contributed by atoms with Crippen molar-refractivity contribution in [2.45, 2.75) is 32.6 Å². The van der Waals surface area contributed by atoms with Crippen molar-refractivity contribution in [3.05, 3.63) is 60.2 Å². The number of nitrogens with zero attached hydrogens (tertiary/aromatic N) is 1. The van der Waals surface area contributed by atoms with E-state index in [1.54, 1.807) is 12.1 Å². The Bertz CT molecular complexity index is 885. The van der Waals surface area contributed by atoms with Gasteiger partial charge in [0, 0.05) is 18.7 Å². The summed E-state index contributed by atoms with van der Waals surface area (Å²) in [7, 11) is -3.60. The number of amides is 1. The van der Waals surface area contributed by atoms with Crippen LogP contribution < -0.4 is 10.1 Å². The van der Waals surface area contributed by atoms with Crippen LogP contribution >= 0.6 is 0 Å². The summed E-state index contributed by atoms with van der Waals surface area (Å²) in [6.07, 6.45) is 0. The molecule has 0 saturated heterocycles. The topological polar surface area (TPSA) is 75.7 Å². The third-order valence-corrected chi connectivity index (χ3v) is 6.14. The fourth-order valence-corrected chi connectivity index (χ4v) is 4.73. The molecular formula is C23H32N2O4S. The summed E-state index contributed by atoms with van der Waals surface area (Å²) in [4.78, 5) is 12.5. The van der Waals surface area contributed by atoms with Crippen LogP contribution in [-0.2, 0) is 10.0 Å². The first kappa shape index (κ1) is 23.9. The summed E-state index contributed by atoms with van der Waals surface area (Å²) in [5.74, 6) is 0.925. The fraction of sp³-hybridized carbons (Fsp3) is 0.435. The van der Waals surface area contributed by atoms with Crippen molar-refractivity contribution < 1.29 is 17.9 Å². The lowest BCUT2D eigenvalue weighted by molar-refractivity contribution is 0.0947. The van der Waals surface area contributed by atoms with Gasteiger partial charge in [-0.1, -0.05) is 45.9 Å². The molecule has 30 heavy (non-hydrogen) atoms. The Balaban J connectivity index is 1.97. The molecule has 0 bridgehead atoms. The summed E-state index contributed by atoms with van der Waals surface area (Å²) in [6.45, 7) is 9.62. The second-order valence-electron chi connectivity index (χ2n) is 8.05. The number of carbonyl (C=O) groups excluding carboxylic acids is 1. The zero-order chi connectivity index (χ0) is 22.1. The third kappa shape index (κ3) is 7.15. The van der Waals surface area contributed by atoms with Crippen LogP contribution in [0.5, 0.6) is 5.75 Å². The maximum atomic E-state index is 13.0. The third-order valence-electron chi connectivity index (χ3n) is 4.29. The number of sulfonamides is 1. The van der Waals surface area contributed by atoms with E-state index in [9.17, 15) is 13.2 Å². The largest absolute Gasteiger partial charge is 0.492 e. The minimum absolute atomic E-state index is 0.202. The van der Waals surface area contributed by atoms with Crippen molar-refractivity contribution in [1.29, 1.82) is 0 Å². The molecule has 2 aromatic carbocycles. The zero-order valence-electron chi connectivity index (χ0n) is 18.2. The first-order chi connectivity index (χ1) is 14.2. The summed E-state index contributed by atoms with van der Waals surface area (Å²) >= 11 is 0. The number of rotatable bonds is 11. The molecule has 0 heterocycles. The second-order valence-corrected chi connectivity index (χ2v) is 9.99. The minimum Gasteiger partial charge on any atom is -0.492 e. The lowest BCUT2D eigenvalue weighted by Crippen LogP contribution is -2.37. The number of para-hydroxylation sites is 1. The Morgan fingerprint density at radius 1 is 0.933 bits per heavy atom. The van der Waals surface area contributed by atoms with Gasteiger partial charge in [-0.3, -0.25) is 4.79 Å². The number of nitrogens with one attached hydrogen (secondary N) is 1. The predicted octanol–water partition coefficient (Wildman–Crippen LogP) is 3.80. The van der Waals surface area contributed by atoms with Crippen LogP contribution in [0.25, 0.3) is 0 Å². The highest BCUT2D eigenvalue weighted by molar-refractivity contribution is 7.89. The quantitative estimate of drug-likeness (QED) is 0.548. The van der Waals surface area contributed by atoms with Crippen molar-refractivity contribution in [3.8, 4) is 5.75 Å². The minimum atomic E-state index is -3.60. The van der Waals surface area contributed by atoms with Gasteiger partial charge in [-0.2, -0.15) is 4.31 Å². The van der Waals surface area contributed by atoms with E-state index in [0.29, 0.717) is 31.8 Å². The number of hydrogen-bond acceptors (Lipinski definition) is 4. The van der Waals surface area contributed by atoms with Gasteiger partial charge in [-0.15, -0.1) is 0 Å². The maximum absolute atomic E-state index is 13.0. The molecule has 2 aromatic rings. The van der Waals surface area contributed by atoms with Crippen molar-refractivity contribution in [2.75, 3.05) is 26.2 Å². The summed E-state index contributed by atoms with van der Waals surface area (Å²) in [6, 6.07) is 15.5. The molecule has 0 aliphatic rings. The van der Waals surface area contributed by atoms with Gasteiger partial charge in [0.1, 0.15) is 12.4 Å². The fourth-order valence-electron chi connectivity index (χ4n) is 2.96. The van der Waals surface area contributed by atoms with E-state index >= 15 is 0 Å². The number of ether oxygens (including phenoxy) is 1. The van der Waals surface area contributed by atoms with Gasteiger partial charge in [0.05, 0.1) is 11.4 Å².